The fourth-order valence-electron chi connectivity index (χ4n) is 2.28. The molecular formula is C14H21NO2. The molecule has 1 heterocycles. The average molecular weight is 235 g/mol. The molecule has 0 aliphatic carbocycles. The molecule has 3 nitrogen and oxygen atoms in total. The summed E-state index contributed by atoms with van der Waals surface area (Å²) in [5.74, 6) is 0.326. The molecule has 17 heavy (non-hydrogen) atoms. The summed E-state index contributed by atoms with van der Waals surface area (Å²) in [6.45, 7) is 2.80. The van der Waals surface area contributed by atoms with Gasteiger partial charge in [0.1, 0.15) is 5.75 Å². The van der Waals surface area contributed by atoms with Crippen LogP contribution in [-0.2, 0) is 11.3 Å². The first-order chi connectivity index (χ1) is 8.24. The second-order valence-electron chi connectivity index (χ2n) is 4.85. The molecule has 1 aliphatic heterocycles. The van der Waals surface area contributed by atoms with Crippen molar-refractivity contribution in [3.05, 3.63) is 29.8 Å². The van der Waals surface area contributed by atoms with Gasteiger partial charge in [0, 0.05) is 19.7 Å². The van der Waals surface area contributed by atoms with E-state index in [-0.39, 0.29) is 0 Å². The van der Waals surface area contributed by atoms with Crippen LogP contribution in [0.25, 0.3) is 0 Å². The third-order valence-corrected chi connectivity index (χ3v) is 3.18. The molecule has 0 spiro atoms. The second kappa shape index (κ2) is 6.03. The Morgan fingerprint density at radius 2 is 2.06 bits per heavy atom. The number of rotatable bonds is 4. The van der Waals surface area contributed by atoms with Crippen LogP contribution in [0.5, 0.6) is 5.75 Å². The lowest BCUT2D eigenvalue weighted by Crippen LogP contribution is -2.33. The summed E-state index contributed by atoms with van der Waals surface area (Å²) >= 11 is 0. The van der Waals surface area contributed by atoms with Crippen LogP contribution in [0.3, 0.4) is 0 Å². The molecular weight excluding hydrogens is 214 g/mol. The maximum Gasteiger partial charge on any atom is 0.115 e. The van der Waals surface area contributed by atoms with Crippen LogP contribution < -0.4 is 0 Å². The molecule has 3 heteroatoms. The highest BCUT2D eigenvalue weighted by Gasteiger charge is 2.15. The molecule has 0 radical (unpaired) electrons. The van der Waals surface area contributed by atoms with E-state index in [1.807, 2.05) is 12.1 Å². The number of aromatic hydroxyl groups is 1. The van der Waals surface area contributed by atoms with Crippen molar-refractivity contribution in [3.63, 3.8) is 0 Å². The van der Waals surface area contributed by atoms with E-state index in [0.717, 1.165) is 19.7 Å². The molecule has 0 bridgehead atoms. The Balaban J connectivity index is 1.79. The minimum atomic E-state index is 0.326. The molecule has 1 atom stereocenters. The highest BCUT2D eigenvalue weighted by molar-refractivity contribution is 5.25. The SMILES string of the molecule is CN(Cc1ccc(O)cc1)CC1CCCCO1. The topological polar surface area (TPSA) is 32.7 Å². The third kappa shape index (κ3) is 4.02. The number of hydrogen-bond acceptors (Lipinski definition) is 3. The number of ether oxygens (including phenoxy) is 1. The van der Waals surface area contributed by atoms with E-state index in [0.29, 0.717) is 11.9 Å². The fraction of sp³-hybridized carbons (Fsp3) is 0.571. The van der Waals surface area contributed by atoms with Gasteiger partial charge in [-0.2, -0.15) is 0 Å². The molecule has 0 amide bonds. The summed E-state index contributed by atoms with van der Waals surface area (Å²) in [7, 11) is 2.12. The summed E-state index contributed by atoms with van der Waals surface area (Å²) in [4.78, 5) is 2.28. The van der Waals surface area contributed by atoms with Gasteiger partial charge in [-0.3, -0.25) is 4.90 Å². The van der Waals surface area contributed by atoms with Gasteiger partial charge in [-0.15, -0.1) is 0 Å². The molecule has 1 aromatic rings. The van der Waals surface area contributed by atoms with Crippen molar-refractivity contribution in [2.45, 2.75) is 31.9 Å². The Bertz CT molecular complexity index is 331. The zero-order valence-corrected chi connectivity index (χ0v) is 10.4. The molecule has 1 N–H and O–H groups in total. The molecule has 0 aromatic heterocycles. The maximum atomic E-state index is 9.22. The smallest absolute Gasteiger partial charge is 0.115 e. The van der Waals surface area contributed by atoms with Crippen LogP contribution in [0.4, 0.5) is 0 Å². The highest BCUT2D eigenvalue weighted by atomic mass is 16.5. The van der Waals surface area contributed by atoms with Gasteiger partial charge in [-0.1, -0.05) is 12.1 Å². The van der Waals surface area contributed by atoms with Gasteiger partial charge in [0.25, 0.3) is 0 Å². The van der Waals surface area contributed by atoms with E-state index in [9.17, 15) is 5.11 Å². The van der Waals surface area contributed by atoms with Gasteiger partial charge in [-0.25, -0.2) is 0 Å². The van der Waals surface area contributed by atoms with Gasteiger partial charge in [-0.05, 0) is 44.0 Å². The lowest BCUT2D eigenvalue weighted by atomic mass is 10.1. The van der Waals surface area contributed by atoms with E-state index >= 15 is 0 Å². The van der Waals surface area contributed by atoms with Crippen molar-refractivity contribution in [3.8, 4) is 5.75 Å². The molecule has 1 unspecified atom stereocenters. The molecule has 1 saturated heterocycles. The van der Waals surface area contributed by atoms with Crippen LogP contribution in [0, 0.1) is 0 Å². The monoisotopic (exact) mass is 235 g/mol. The predicted molar refractivity (Wildman–Crippen MR) is 68.0 cm³/mol. The maximum absolute atomic E-state index is 9.22. The van der Waals surface area contributed by atoms with Gasteiger partial charge in [0.15, 0.2) is 0 Å². The van der Waals surface area contributed by atoms with Crippen LogP contribution in [0.15, 0.2) is 24.3 Å². The minimum absolute atomic E-state index is 0.326. The fourth-order valence-corrected chi connectivity index (χ4v) is 2.28. The Labute approximate surface area is 103 Å². The van der Waals surface area contributed by atoms with Crippen LogP contribution >= 0.6 is 0 Å². The summed E-state index contributed by atoms with van der Waals surface area (Å²) in [6.07, 6.45) is 4.07. The Morgan fingerprint density at radius 1 is 1.29 bits per heavy atom. The molecule has 2 rings (SSSR count). The lowest BCUT2D eigenvalue weighted by Gasteiger charge is -2.27. The Morgan fingerprint density at radius 3 is 2.71 bits per heavy atom. The third-order valence-electron chi connectivity index (χ3n) is 3.18. The van der Waals surface area contributed by atoms with Gasteiger partial charge < -0.3 is 9.84 Å². The van der Waals surface area contributed by atoms with Crippen LogP contribution in [-0.4, -0.2) is 36.3 Å². The van der Waals surface area contributed by atoms with Crippen LogP contribution in [0.2, 0.25) is 0 Å². The number of nitrogens with zero attached hydrogens (tertiary/aromatic N) is 1. The summed E-state index contributed by atoms with van der Waals surface area (Å²) in [5.41, 5.74) is 1.22. The van der Waals surface area contributed by atoms with Crippen molar-refractivity contribution >= 4 is 0 Å². The van der Waals surface area contributed by atoms with E-state index in [1.165, 1.54) is 24.8 Å². The number of phenolic OH excluding ortho intramolecular Hbond substituents is 1. The van der Waals surface area contributed by atoms with Gasteiger partial charge in [0.05, 0.1) is 6.10 Å². The first-order valence-corrected chi connectivity index (χ1v) is 6.32. The zero-order chi connectivity index (χ0) is 12.1. The van der Waals surface area contributed by atoms with E-state index in [2.05, 4.69) is 11.9 Å². The predicted octanol–water partition coefficient (Wildman–Crippen LogP) is 2.39. The lowest BCUT2D eigenvalue weighted by molar-refractivity contribution is -0.00259. The van der Waals surface area contributed by atoms with Crippen molar-refractivity contribution in [1.29, 1.82) is 0 Å². The first kappa shape index (κ1) is 12.4. The largest absolute Gasteiger partial charge is 0.508 e. The normalized spacial score (nSPS) is 20.7. The van der Waals surface area contributed by atoms with E-state index < -0.39 is 0 Å². The second-order valence-corrected chi connectivity index (χ2v) is 4.85. The number of phenols is 1. The van der Waals surface area contributed by atoms with Crippen molar-refractivity contribution < 1.29 is 9.84 Å². The first-order valence-electron chi connectivity index (χ1n) is 6.32. The molecule has 1 aliphatic rings. The van der Waals surface area contributed by atoms with Gasteiger partial charge in [0.2, 0.25) is 0 Å². The molecule has 94 valence electrons. The minimum Gasteiger partial charge on any atom is -0.508 e. The van der Waals surface area contributed by atoms with Crippen molar-refractivity contribution in [2.75, 3.05) is 20.2 Å². The van der Waals surface area contributed by atoms with Gasteiger partial charge >= 0.3 is 0 Å². The molecule has 1 aromatic carbocycles. The standard InChI is InChI=1S/C14H21NO2/c1-15(11-14-4-2-3-9-17-14)10-12-5-7-13(16)8-6-12/h5-8,14,16H,2-4,9-11H2,1H3. The van der Waals surface area contributed by atoms with Crippen LogP contribution in [0.1, 0.15) is 24.8 Å². The summed E-state index contributed by atoms with van der Waals surface area (Å²) in [5, 5.41) is 9.22. The van der Waals surface area contributed by atoms with Crippen molar-refractivity contribution in [2.24, 2.45) is 0 Å². The highest BCUT2D eigenvalue weighted by Crippen LogP contribution is 2.15. The zero-order valence-electron chi connectivity index (χ0n) is 10.4. The summed E-state index contributed by atoms with van der Waals surface area (Å²) in [6, 6.07) is 7.40. The average Bonchev–Trinajstić information content (AvgIpc) is 2.33. The number of hydrogen-bond donors (Lipinski definition) is 1. The number of benzene rings is 1. The Hall–Kier alpha value is -1.06. The molecule has 1 fully saturated rings. The Kier molecular flexibility index (Phi) is 4.40. The quantitative estimate of drug-likeness (QED) is 0.869. The van der Waals surface area contributed by atoms with E-state index in [1.54, 1.807) is 12.1 Å². The molecule has 0 saturated carbocycles. The van der Waals surface area contributed by atoms with E-state index in [4.69, 9.17) is 4.74 Å². The number of likely N-dealkylation sites (N-methyl/N-ethyl adjacent to an activating group) is 1. The summed E-state index contributed by atoms with van der Waals surface area (Å²) < 4.78 is 5.72. The van der Waals surface area contributed by atoms with Crippen molar-refractivity contribution in [1.82, 2.24) is 4.90 Å².